The highest BCUT2D eigenvalue weighted by molar-refractivity contribution is 5.45. The van der Waals surface area contributed by atoms with Gasteiger partial charge in [0.25, 0.3) is 0 Å². The fourth-order valence-electron chi connectivity index (χ4n) is 2.86. The van der Waals surface area contributed by atoms with E-state index in [2.05, 4.69) is 13.8 Å². The lowest BCUT2D eigenvalue weighted by atomic mass is 9.87. The minimum atomic E-state index is -0.270. The normalized spacial score (nSPS) is 26.3. The fraction of sp³-hybridized carbons (Fsp3) is 0.600. The van der Waals surface area contributed by atoms with E-state index < -0.39 is 0 Å². The van der Waals surface area contributed by atoms with Gasteiger partial charge < -0.3 is 10.0 Å². The van der Waals surface area contributed by atoms with Crippen LogP contribution in [-0.4, -0.2) is 24.8 Å². The molecule has 18 heavy (non-hydrogen) atoms. The summed E-state index contributed by atoms with van der Waals surface area (Å²) < 4.78 is 13.2. The van der Waals surface area contributed by atoms with E-state index in [9.17, 15) is 9.50 Å². The molecule has 1 fully saturated rings. The largest absolute Gasteiger partial charge is 0.392 e. The molecule has 0 spiro atoms. The lowest BCUT2D eigenvalue weighted by Crippen LogP contribution is -2.35. The molecule has 3 heteroatoms. The molecule has 1 aliphatic rings. The average molecular weight is 251 g/mol. The van der Waals surface area contributed by atoms with Gasteiger partial charge in [-0.25, -0.2) is 4.39 Å². The standard InChI is InChI=1S/C15H22FNO/c1-15(2)8-7-11(14(15)18)10-17(3)13-6-4-5-12(16)9-13/h4-6,9,11,14,18H,7-8,10H2,1-3H3. The Kier molecular flexibility index (Phi) is 3.62. The number of benzene rings is 1. The van der Waals surface area contributed by atoms with Crippen LogP contribution in [0.2, 0.25) is 0 Å². The molecule has 0 bridgehead atoms. The van der Waals surface area contributed by atoms with Crippen molar-refractivity contribution in [2.24, 2.45) is 11.3 Å². The number of hydrogen-bond donors (Lipinski definition) is 1. The first-order chi connectivity index (χ1) is 8.40. The lowest BCUT2D eigenvalue weighted by molar-refractivity contribution is 0.0484. The first-order valence-corrected chi connectivity index (χ1v) is 6.55. The second kappa shape index (κ2) is 4.88. The number of halogens is 1. The van der Waals surface area contributed by atoms with Crippen molar-refractivity contribution in [3.05, 3.63) is 30.1 Å². The highest BCUT2D eigenvalue weighted by Gasteiger charge is 2.40. The van der Waals surface area contributed by atoms with Gasteiger partial charge in [0.2, 0.25) is 0 Å². The van der Waals surface area contributed by atoms with E-state index in [0.29, 0.717) is 0 Å². The average Bonchev–Trinajstić information content (AvgIpc) is 2.56. The van der Waals surface area contributed by atoms with Crippen LogP contribution in [0.4, 0.5) is 10.1 Å². The molecular weight excluding hydrogens is 229 g/mol. The summed E-state index contributed by atoms with van der Waals surface area (Å²) in [6.45, 7) is 4.99. The summed E-state index contributed by atoms with van der Waals surface area (Å²) in [4.78, 5) is 2.03. The summed E-state index contributed by atoms with van der Waals surface area (Å²) in [6, 6.07) is 6.60. The van der Waals surface area contributed by atoms with E-state index in [1.807, 2.05) is 18.0 Å². The van der Waals surface area contributed by atoms with Gasteiger partial charge in [0.15, 0.2) is 0 Å². The minimum absolute atomic E-state index is 0.00739. The molecule has 2 atom stereocenters. The predicted octanol–water partition coefficient (Wildman–Crippen LogP) is 3.06. The molecule has 2 nitrogen and oxygen atoms in total. The van der Waals surface area contributed by atoms with Gasteiger partial charge >= 0.3 is 0 Å². The Morgan fingerprint density at radius 2 is 2.17 bits per heavy atom. The Hall–Kier alpha value is -1.09. The van der Waals surface area contributed by atoms with Crippen LogP contribution in [0.5, 0.6) is 0 Å². The molecule has 1 N–H and O–H groups in total. The number of anilines is 1. The molecule has 0 aliphatic heterocycles. The predicted molar refractivity (Wildman–Crippen MR) is 72.2 cm³/mol. The molecule has 0 aromatic heterocycles. The topological polar surface area (TPSA) is 23.5 Å². The van der Waals surface area contributed by atoms with Crippen molar-refractivity contribution in [1.29, 1.82) is 0 Å². The second-order valence-electron chi connectivity index (χ2n) is 6.09. The Morgan fingerprint density at radius 1 is 1.44 bits per heavy atom. The van der Waals surface area contributed by atoms with Gasteiger partial charge in [-0.1, -0.05) is 19.9 Å². The van der Waals surface area contributed by atoms with Crippen molar-refractivity contribution >= 4 is 5.69 Å². The summed E-state index contributed by atoms with van der Waals surface area (Å²) in [5.41, 5.74) is 0.875. The van der Waals surface area contributed by atoms with Crippen molar-refractivity contribution in [2.75, 3.05) is 18.5 Å². The van der Waals surface area contributed by atoms with Crippen LogP contribution in [0.1, 0.15) is 26.7 Å². The van der Waals surface area contributed by atoms with Crippen molar-refractivity contribution < 1.29 is 9.50 Å². The SMILES string of the molecule is CN(CC1CCC(C)(C)C1O)c1cccc(F)c1. The minimum Gasteiger partial charge on any atom is -0.392 e. The third-order valence-electron chi connectivity index (χ3n) is 4.16. The summed E-state index contributed by atoms with van der Waals surface area (Å²) in [7, 11) is 1.95. The first-order valence-electron chi connectivity index (χ1n) is 6.55. The highest BCUT2D eigenvalue weighted by Crippen LogP contribution is 2.41. The number of aliphatic hydroxyl groups is 1. The highest BCUT2D eigenvalue weighted by atomic mass is 19.1. The molecule has 2 unspecified atom stereocenters. The second-order valence-corrected chi connectivity index (χ2v) is 6.09. The van der Waals surface area contributed by atoms with Crippen LogP contribution in [0.25, 0.3) is 0 Å². The van der Waals surface area contributed by atoms with E-state index in [0.717, 1.165) is 25.1 Å². The monoisotopic (exact) mass is 251 g/mol. The summed E-state index contributed by atoms with van der Waals surface area (Å²) >= 11 is 0. The van der Waals surface area contributed by atoms with E-state index >= 15 is 0 Å². The molecule has 100 valence electrons. The zero-order valence-electron chi connectivity index (χ0n) is 11.4. The molecule has 0 radical (unpaired) electrons. The molecule has 0 amide bonds. The van der Waals surface area contributed by atoms with Crippen molar-refractivity contribution in [3.63, 3.8) is 0 Å². The molecule has 0 saturated heterocycles. The van der Waals surface area contributed by atoms with E-state index in [1.54, 1.807) is 6.07 Å². The Labute approximate surface area is 108 Å². The van der Waals surface area contributed by atoms with Crippen LogP contribution in [-0.2, 0) is 0 Å². The fourth-order valence-corrected chi connectivity index (χ4v) is 2.86. The lowest BCUT2D eigenvalue weighted by Gasteiger charge is -2.29. The van der Waals surface area contributed by atoms with Crippen LogP contribution in [0.15, 0.2) is 24.3 Å². The summed E-state index contributed by atoms with van der Waals surface area (Å²) in [5.74, 6) is 0.0555. The maximum atomic E-state index is 13.2. The van der Waals surface area contributed by atoms with Crippen LogP contribution >= 0.6 is 0 Å². The zero-order chi connectivity index (χ0) is 13.3. The van der Waals surface area contributed by atoms with Gasteiger partial charge in [0.1, 0.15) is 5.82 Å². The molecule has 1 aliphatic carbocycles. The van der Waals surface area contributed by atoms with Gasteiger partial charge in [-0.3, -0.25) is 0 Å². The van der Waals surface area contributed by atoms with Crippen molar-refractivity contribution in [3.8, 4) is 0 Å². The van der Waals surface area contributed by atoms with Crippen LogP contribution in [0, 0.1) is 17.2 Å². The summed E-state index contributed by atoms with van der Waals surface area (Å²) in [5, 5.41) is 10.3. The maximum absolute atomic E-state index is 13.2. The Bertz CT molecular complexity index is 419. The van der Waals surface area contributed by atoms with E-state index in [1.165, 1.54) is 12.1 Å². The van der Waals surface area contributed by atoms with Crippen molar-refractivity contribution in [1.82, 2.24) is 0 Å². The van der Waals surface area contributed by atoms with E-state index in [4.69, 9.17) is 0 Å². The third kappa shape index (κ3) is 2.66. The number of hydrogen-bond acceptors (Lipinski definition) is 2. The number of rotatable bonds is 3. The third-order valence-corrected chi connectivity index (χ3v) is 4.16. The molecule has 0 heterocycles. The van der Waals surface area contributed by atoms with Crippen molar-refractivity contribution in [2.45, 2.75) is 32.8 Å². The van der Waals surface area contributed by atoms with Gasteiger partial charge in [-0.2, -0.15) is 0 Å². The summed E-state index contributed by atoms with van der Waals surface area (Å²) in [6.07, 6.45) is 1.82. The zero-order valence-corrected chi connectivity index (χ0v) is 11.4. The van der Waals surface area contributed by atoms with Gasteiger partial charge in [0.05, 0.1) is 6.10 Å². The van der Waals surface area contributed by atoms with E-state index in [-0.39, 0.29) is 23.3 Å². The van der Waals surface area contributed by atoms with Crippen LogP contribution < -0.4 is 4.90 Å². The molecule has 1 saturated carbocycles. The van der Waals surface area contributed by atoms with Crippen LogP contribution in [0.3, 0.4) is 0 Å². The number of nitrogens with zero attached hydrogens (tertiary/aromatic N) is 1. The number of aliphatic hydroxyl groups excluding tert-OH is 1. The Balaban J connectivity index is 2.02. The first kappa shape index (κ1) is 13.3. The molecule has 2 rings (SSSR count). The van der Waals surface area contributed by atoms with Gasteiger partial charge in [-0.15, -0.1) is 0 Å². The van der Waals surface area contributed by atoms with Gasteiger partial charge in [-0.05, 0) is 36.5 Å². The smallest absolute Gasteiger partial charge is 0.125 e. The Morgan fingerprint density at radius 3 is 2.72 bits per heavy atom. The quantitative estimate of drug-likeness (QED) is 0.892. The molecular formula is C15H22FNO. The molecule has 1 aromatic rings. The van der Waals surface area contributed by atoms with Gasteiger partial charge in [0, 0.05) is 25.2 Å². The maximum Gasteiger partial charge on any atom is 0.125 e. The molecule has 1 aromatic carbocycles.